The van der Waals surface area contributed by atoms with Crippen LogP contribution in [0.15, 0.2) is 12.2 Å². The van der Waals surface area contributed by atoms with Crippen molar-refractivity contribution in [3.8, 4) is 0 Å². The Balaban J connectivity index is -0.000000486. The summed E-state index contributed by atoms with van der Waals surface area (Å²) in [7, 11) is 0. The first-order chi connectivity index (χ1) is 16.3. The van der Waals surface area contributed by atoms with E-state index in [0.29, 0.717) is 13.0 Å². The second-order valence-electron chi connectivity index (χ2n) is 8.45. The van der Waals surface area contributed by atoms with E-state index in [4.69, 9.17) is 19.3 Å². The van der Waals surface area contributed by atoms with Gasteiger partial charge in [-0.1, -0.05) is 61.5 Å². The van der Waals surface area contributed by atoms with Crippen molar-refractivity contribution in [3.63, 3.8) is 0 Å². The fourth-order valence-electron chi connectivity index (χ4n) is 1.63. The van der Waals surface area contributed by atoms with Crippen LogP contribution < -0.4 is 0 Å². The SMILES string of the molecule is C=C(C)C(=O)OCC(O)COC(=O)C(C)CC.CCC(C)C(=O)O.CCCCOC(=O)C(C)CC. The van der Waals surface area contributed by atoms with Crippen LogP contribution in [-0.2, 0) is 33.4 Å². The predicted molar refractivity (Wildman–Crippen MR) is 135 cm³/mol. The average Bonchev–Trinajstić information content (AvgIpc) is 2.84. The zero-order chi connectivity index (χ0) is 28.0. The number of esters is 3. The highest BCUT2D eigenvalue weighted by Gasteiger charge is 2.15. The number of ether oxygens (including phenoxy) is 3. The first-order valence-electron chi connectivity index (χ1n) is 12.3. The molecule has 0 bridgehead atoms. The Kier molecular flexibility index (Phi) is 24.8. The van der Waals surface area contributed by atoms with Crippen LogP contribution in [0.1, 0.15) is 87.5 Å². The van der Waals surface area contributed by atoms with Crippen LogP contribution in [0.4, 0.5) is 0 Å². The van der Waals surface area contributed by atoms with Gasteiger partial charge in [0.1, 0.15) is 19.3 Å². The minimum Gasteiger partial charge on any atom is -0.481 e. The normalized spacial score (nSPS) is 13.3. The van der Waals surface area contributed by atoms with Crippen molar-refractivity contribution in [1.82, 2.24) is 0 Å². The third kappa shape index (κ3) is 23.1. The van der Waals surface area contributed by atoms with Gasteiger partial charge in [0.15, 0.2) is 0 Å². The van der Waals surface area contributed by atoms with Crippen molar-refractivity contribution in [3.05, 3.63) is 12.2 Å². The molecule has 0 aromatic carbocycles. The van der Waals surface area contributed by atoms with E-state index in [2.05, 4.69) is 13.5 Å². The van der Waals surface area contributed by atoms with Gasteiger partial charge in [-0.05, 0) is 32.6 Å². The Morgan fingerprint density at radius 1 is 0.771 bits per heavy atom. The molecule has 0 spiro atoms. The van der Waals surface area contributed by atoms with Crippen LogP contribution in [0.3, 0.4) is 0 Å². The molecule has 9 heteroatoms. The number of carbonyl (C=O) groups is 4. The number of aliphatic hydroxyl groups excluding tert-OH is 1. The van der Waals surface area contributed by atoms with Crippen LogP contribution in [0.25, 0.3) is 0 Å². The van der Waals surface area contributed by atoms with E-state index >= 15 is 0 Å². The fourth-order valence-corrected chi connectivity index (χ4v) is 1.63. The maximum absolute atomic E-state index is 11.3. The summed E-state index contributed by atoms with van der Waals surface area (Å²) < 4.78 is 14.5. The molecule has 0 amide bonds. The Hall–Kier alpha value is -2.42. The zero-order valence-corrected chi connectivity index (χ0v) is 22.9. The molecule has 2 N–H and O–H groups in total. The van der Waals surface area contributed by atoms with Crippen molar-refractivity contribution in [2.24, 2.45) is 17.8 Å². The average molecular weight is 505 g/mol. The van der Waals surface area contributed by atoms with Gasteiger partial charge < -0.3 is 24.4 Å². The summed E-state index contributed by atoms with van der Waals surface area (Å²) in [5.41, 5.74) is 0.258. The quantitative estimate of drug-likeness (QED) is 0.151. The molecular formula is C26H48O9. The number of carboxylic acid groups (broad SMARTS) is 1. The molecule has 206 valence electrons. The lowest BCUT2D eigenvalue weighted by atomic mass is 10.1. The smallest absolute Gasteiger partial charge is 0.333 e. The first-order valence-corrected chi connectivity index (χ1v) is 12.3. The standard InChI is InChI=1S/C12H20O5.C9H18O2.C5H10O2/c1-5-9(4)12(15)17-7-10(13)6-16-11(14)8(2)3;1-4-6-7-11-9(10)8(3)5-2;1-3-4(2)5(6)7/h9-10,13H,2,5-7H2,1,3-4H3;8H,4-7H2,1-3H3;4H,3H2,1-2H3,(H,6,7). The van der Waals surface area contributed by atoms with Crippen molar-refractivity contribution in [2.45, 2.75) is 93.6 Å². The molecule has 0 saturated carbocycles. The lowest BCUT2D eigenvalue weighted by Gasteiger charge is -2.13. The Morgan fingerprint density at radius 2 is 1.20 bits per heavy atom. The number of carbonyl (C=O) groups excluding carboxylic acids is 3. The lowest BCUT2D eigenvalue weighted by Crippen LogP contribution is -2.27. The van der Waals surface area contributed by atoms with Gasteiger partial charge >= 0.3 is 23.9 Å². The molecule has 0 aromatic heterocycles. The van der Waals surface area contributed by atoms with E-state index in [9.17, 15) is 24.3 Å². The van der Waals surface area contributed by atoms with Crippen LogP contribution in [0.5, 0.6) is 0 Å². The second kappa shape index (κ2) is 23.3. The number of hydrogen-bond acceptors (Lipinski definition) is 8. The summed E-state index contributed by atoms with van der Waals surface area (Å²) in [5.74, 6) is -2.01. The summed E-state index contributed by atoms with van der Waals surface area (Å²) in [6, 6.07) is 0. The number of aliphatic hydroxyl groups is 1. The fraction of sp³-hybridized carbons (Fsp3) is 0.769. The maximum Gasteiger partial charge on any atom is 0.333 e. The van der Waals surface area contributed by atoms with E-state index in [1.807, 2.05) is 27.7 Å². The van der Waals surface area contributed by atoms with Crippen molar-refractivity contribution < 1.29 is 43.6 Å². The molecular weight excluding hydrogens is 456 g/mol. The van der Waals surface area contributed by atoms with Gasteiger partial charge in [-0.15, -0.1) is 0 Å². The molecule has 0 radical (unpaired) electrons. The van der Waals surface area contributed by atoms with Crippen LogP contribution >= 0.6 is 0 Å². The van der Waals surface area contributed by atoms with Gasteiger partial charge in [0.05, 0.1) is 24.4 Å². The zero-order valence-electron chi connectivity index (χ0n) is 22.9. The number of unbranched alkanes of at least 4 members (excludes halogenated alkanes) is 1. The summed E-state index contributed by atoms with van der Waals surface area (Å²) in [6.45, 7) is 18.3. The summed E-state index contributed by atoms with van der Waals surface area (Å²) in [4.78, 5) is 43.2. The summed E-state index contributed by atoms with van der Waals surface area (Å²) in [5, 5.41) is 17.6. The molecule has 0 fully saturated rings. The van der Waals surface area contributed by atoms with Crippen LogP contribution in [0, 0.1) is 17.8 Å². The molecule has 0 saturated heterocycles. The Morgan fingerprint density at radius 3 is 1.54 bits per heavy atom. The van der Waals surface area contributed by atoms with Crippen molar-refractivity contribution in [2.75, 3.05) is 19.8 Å². The molecule has 0 aromatic rings. The molecule has 4 unspecified atom stereocenters. The highest BCUT2D eigenvalue weighted by Crippen LogP contribution is 2.04. The molecule has 4 atom stereocenters. The number of rotatable bonds is 14. The topological polar surface area (TPSA) is 136 Å². The van der Waals surface area contributed by atoms with Gasteiger partial charge in [0.25, 0.3) is 0 Å². The minimum absolute atomic E-state index is 0.0547. The van der Waals surface area contributed by atoms with Crippen molar-refractivity contribution in [1.29, 1.82) is 0 Å². The molecule has 0 aliphatic carbocycles. The summed E-state index contributed by atoms with van der Waals surface area (Å²) in [6.07, 6.45) is 3.31. The molecule has 0 aliphatic heterocycles. The highest BCUT2D eigenvalue weighted by molar-refractivity contribution is 5.86. The largest absolute Gasteiger partial charge is 0.481 e. The molecule has 0 heterocycles. The Labute approximate surface area is 211 Å². The van der Waals surface area contributed by atoms with E-state index in [0.717, 1.165) is 25.7 Å². The number of hydrogen-bond donors (Lipinski definition) is 2. The number of aliphatic carboxylic acids is 1. The van der Waals surface area contributed by atoms with Gasteiger partial charge in [-0.25, -0.2) is 4.79 Å². The molecule has 0 rings (SSSR count). The van der Waals surface area contributed by atoms with Crippen LogP contribution in [-0.4, -0.2) is 60.0 Å². The predicted octanol–water partition coefficient (Wildman–Crippen LogP) is 4.55. The first kappa shape index (κ1) is 37.1. The van der Waals surface area contributed by atoms with Gasteiger partial charge in [0, 0.05) is 5.57 Å². The molecule has 9 nitrogen and oxygen atoms in total. The minimum atomic E-state index is -1.01. The molecule has 35 heavy (non-hydrogen) atoms. The van der Waals surface area contributed by atoms with Gasteiger partial charge in [-0.2, -0.15) is 0 Å². The third-order valence-electron chi connectivity index (χ3n) is 4.98. The van der Waals surface area contributed by atoms with Crippen LogP contribution in [0.2, 0.25) is 0 Å². The van der Waals surface area contributed by atoms with E-state index in [-0.39, 0.29) is 48.5 Å². The maximum atomic E-state index is 11.3. The summed E-state index contributed by atoms with van der Waals surface area (Å²) >= 11 is 0. The monoisotopic (exact) mass is 504 g/mol. The lowest BCUT2D eigenvalue weighted by molar-refractivity contribution is -0.154. The van der Waals surface area contributed by atoms with Gasteiger partial charge in [-0.3, -0.25) is 14.4 Å². The van der Waals surface area contributed by atoms with Crippen molar-refractivity contribution >= 4 is 23.9 Å². The van der Waals surface area contributed by atoms with E-state index in [1.165, 1.54) is 6.92 Å². The highest BCUT2D eigenvalue weighted by atomic mass is 16.6. The molecule has 0 aliphatic rings. The number of carboxylic acids is 1. The third-order valence-corrected chi connectivity index (χ3v) is 4.98. The van der Waals surface area contributed by atoms with E-state index in [1.54, 1.807) is 13.8 Å². The van der Waals surface area contributed by atoms with E-state index < -0.39 is 18.0 Å². The van der Waals surface area contributed by atoms with Gasteiger partial charge in [0.2, 0.25) is 0 Å². The second-order valence-corrected chi connectivity index (χ2v) is 8.45. The Bertz CT molecular complexity index is 616.